The van der Waals surface area contributed by atoms with E-state index in [0.717, 1.165) is 28.5 Å². The number of hydrogen-bond donors (Lipinski definition) is 1. The minimum atomic E-state index is -1.84. The molecule has 30 heavy (non-hydrogen) atoms. The van der Waals surface area contributed by atoms with Crippen LogP contribution in [0.25, 0.3) is 22.3 Å². The van der Waals surface area contributed by atoms with E-state index in [4.69, 9.17) is 9.72 Å². The Labute approximate surface area is 172 Å². The van der Waals surface area contributed by atoms with Crippen molar-refractivity contribution in [2.45, 2.75) is 45.4 Å². The molecule has 1 atom stereocenters. The van der Waals surface area contributed by atoms with Crippen LogP contribution in [-0.2, 0) is 34.7 Å². The van der Waals surface area contributed by atoms with Crippen LogP contribution in [0, 0.1) is 11.3 Å². The first-order chi connectivity index (χ1) is 14.4. The van der Waals surface area contributed by atoms with Gasteiger partial charge in [0.15, 0.2) is 5.60 Å². The molecule has 7 nitrogen and oxygen atoms in total. The second kappa shape index (κ2) is 6.25. The average Bonchev–Trinajstić information content (AvgIpc) is 3.13. The molecule has 4 heterocycles. The number of aryl methyl sites for hydroxylation is 1. The summed E-state index contributed by atoms with van der Waals surface area (Å²) in [6.45, 7) is 3.93. The molecule has 0 amide bonds. The molecule has 2 aliphatic rings. The van der Waals surface area contributed by atoms with Crippen molar-refractivity contribution in [2.75, 3.05) is 0 Å². The second-order valence-corrected chi connectivity index (χ2v) is 7.72. The number of benzene rings is 1. The Kier molecular flexibility index (Phi) is 3.86. The first-order valence-electron chi connectivity index (χ1n) is 9.95. The Morgan fingerprint density at radius 1 is 1.27 bits per heavy atom. The summed E-state index contributed by atoms with van der Waals surface area (Å²) < 4.78 is 6.75. The molecule has 0 fully saturated rings. The summed E-state index contributed by atoms with van der Waals surface area (Å²) >= 11 is 0. The van der Waals surface area contributed by atoms with E-state index in [1.54, 1.807) is 23.6 Å². The highest BCUT2D eigenvalue weighted by Crippen LogP contribution is 2.40. The fraction of sp³-hybridized carbons (Fsp3) is 0.304. The van der Waals surface area contributed by atoms with Crippen LogP contribution in [0.4, 0.5) is 0 Å². The molecular weight excluding hydrogens is 382 g/mol. The minimum Gasteiger partial charge on any atom is -0.458 e. The van der Waals surface area contributed by atoms with E-state index in [1.807, 2.05) is 19.1 Å². The monoisotopic (exact) mass is 401 g/mol. The van der Waals surface area contributed by atoms with Gasteiger partial charge >= 0.3 is 5.97 Å². The lowest BCUT2D eigenvalue weighted by molar-refractivity contribution is -0.172. The smallest absolute Gasteiger partial charge is 0.343 e. The van der Waals surface area contributed by atoms with Gasteiger partial charge in [-0.05, 0) is 42.7 Å². The molecule has 2 aromatic heterocycles. The number of carbonyl (C=O) groups excluding carboxylic acids is 1. The number of cyclic esters (lactones) is 1. The Hall–Kier alpha value is -3.50. The standard InChI is InChI=1S/C23H19N3O4/c1-3-13-14-7-12(9-24)5-6-18(14)25-20-15(13)10-26-19(20)8-17-16(21(26)27)11-30-22(28)23(17,29)4-2/h5-8,29H,3-4,10-11H2,1-2H3/t23-/m0/s1. The van der Waals surface area contributed by atoms with Crippen molar-refractivity contribution in [3.8, 4) is 17.5 Å². The molecule has 1 N–H and O–H groups in total. The molecule has 1 aromatic carbocycles. The van der Waals surface area contributed by atoms with E-state index in [0.29, 0.717) is 34.6 Å². The summed E-state index contributed by atoms with van der Waals surface area (Å²) in [4.78, 5) is 30.3. The Balaban J connectivity index is 1.83. The van der Waals surface area contributed by atoms with Gasteiger partial charge in [0.05, 0.1) is 40.6 Å². The number of nitrogens with zero attached hydrogens (tertiary/aromatic N) is 3. The van der Waals surface area contributed by atoms with Gasteiger partial charge in [0.1, 0.15) is 6.61 Å². The molecule has 3 aromatic rings. The molecule has 2 aliphatic heterocycles. The highest BCUT2D eigenvalue weighted by atomic mass is 16.6. The number of pyridine rings is 2. The zero-order valence-electron chi connectivity index (χ0n) is 16.7. The van der Waals surface area contributed by atoms with Crippen LogP contribution in [0.2, 0.25) is 0 Å². The average molecular weight is 401 g/mol. The number of hydrogen-bond acceptors (Lipinski definition) is 6. The van der Waals surface area contributed by atoms with Gasteiger partial charge in [0.2, 0.25) is 0 Å². The molecule has 0 saturated heterocycles. The van der Waals surface area contributed by atoms with Crippen molar-refractivity contribution in [2.24, 2.45) is 0 Å². The van der Waals surface area contributed by atoms with Gasteiger partial charge in [-0.25, -0.2) is 9.78 Å². The van der Waals surface area contributed by atoms with Gasteiger partial charge in [0.25, 0.3) is 5.56 Å². The summed E-state index contributed by atoms with van der Waals surface area (Å²) in [6, 6.07) is 9.25. The lowest BCUT2D eigenvalue weighted by Gasteiger charge is -2.31. The molecule has 7 heteroatoms. The lowest BCUT2D eigenvalue weighted by Crippen LogP contribution is -2.44. The lowest BCUT2D eigenvalue weighted by atomic mass is 9.86. The number of esters is 1. The summed E-state index contributed by atoms with van der Waals surface area (Å²) in [5, 5.41) is 21.1. The summed E-state index contributed by atoms with van der Waals surface area (Å²) in [6.07, 6.45) is 0.829. The van der Waals surface area contributed by atoms with Gasteiger partial charge in [-0.3, -0.25) is 4.79 Å². The van der Waals surface area contributed by atoms with Crippen molar-refractivity contribution in [3.05, 3.63) is 62.4 Å². The number of carbonyl (C=O) groups is 1. The van der Waals surface area contributed by atoms with E-state index in [-0.39, 0.29) is 18.6 Å². The van der Waals surface area contributed by atoms with E-state index in [2.05, 4.69) is 6.07 Å². The van der Waals surface area contributed by atoms with Crippen molar-refractivity contribution >= 4 is 16.9 Å². The summed E-state index contributed by atoms with van der Waals surface area (Å²) in [5.41, 5.74) is 3.07. The number of ether oxygens (including phenoxy) is 1. The quantitative estimate of drug-likeness (QED) is 0.518. The zero-order valence-corrected chi connectivity index (χ0v) is 16.7. The van der Waals surface area contributed by atoms with Gasteiger partial charge in [-0.1, -0.05) is 13.8 Å². The highest BCUT2D eigenvalue weighted by molar-refractivity contribution is 5.89. The first-order valence-corrected chi connectivity index (χ1v) is 9.95. The Morgan fingerprint density at radius 2 is 2.07 bits per heavy atom. The normalized spacial score (nSPS) is 19.1. The van der Waals surface area contributed by atoms with E-state index in [1.165, 1.54) is 0 Å². The summed E-state index contributed by atoms with van der Waals surface area (Å²) in [5.74, 6) is -0.732. The van der Waals surface area contributed by atoms with E-state index < -0.39 is 11.6 Å². The van der Waals surface area contributed by atoms with Gasteiger partial charge in [-0.2, -0.15) is 5.26 Å². The topological polar surface area (TPSA) is 105 Å². The van der Waals surface area contributed by atoms with Crippen molar-refractivity contribution in [1.29, 1.82) is 5.26 Å². The van der Waals surface area contributed by atoms with Gasteiger partial charge in [0, 0.05) is 16.5 Å². The second-order valence-electron chi connectivity index (χ2n) is 7.72. The maximum absolute atomic E-state index is 13.3. The molecule has 0 radical (unpaired) electrons. The molecule has 0 spiro atoms. The molecule has 0 unspecified atom stereocenters. The molecule has 0 bridgehead atoms. The predicted molar refractivity (Wildman–Crippen MR) is 109 cm³/mol. The zero-order chi connectivity index (χ0) is 21.2. The summed E-state index contributed by atoms with van der Waals surface area (Å²) in [7, 11) is 0. The number of fused-ring (bicyclic) bond motifs is 5. The number of aliphatic hydroxyl groups is 1. The van der Waals surface area contributed by atoms with Gasteiger partial charge < -0.3 is 14.4 Å². The van der Waals surface area contributed by atoms with Crippen LogP contribution in [0.15, 0.2) is 29.1 Å². The number of rotatable bonds is 2. The third-order valence-corrected chi connectivity index (χ3v) is 6.29. The molecule has 150 valence electrons. The largest absolute Gasteiger partial charge is 0.458 e. The molecular formula is C23H19N3O4. The SMILES string of the molecule is CCc1c2c(nc3ccc(C#N)cc13)-c1cc3c(c(=O)n1C2)COC(=O)[C@]3(O)CC. The highest BCUT2D eigenvalue weighted by Gasteiger charge is 2.45. The van der Waals surface area contributed by atoms with Crippen molar-refractivity contribution in [1.82, 2.24) is 9.55 Å². The molecule has 0 saturated carbocycles. The fourth-order valence-electron chi connectivity index (χ4n) is 4.64. The third kappa shape index (κ3) is 2.25. The van der Waals surface area contributed by atoms with Crippen LogP contribution >= 0.6 is 0 Å². The fourth-order valence-corrected chi connectivity index (χ4v) is 4.64. The first kappa shape index (κ1) is 18.5. The maximum Gasteiger partial charge on any atom is 0.343 e. The van der Waals surface area contributed by atoms with Crippen LogP contribution in [0.5, 0.6) is 0 Å². The number of aromatic nitrogens is 2. The number of nitriles is 1. The van der Waals surface area contributed by atoms with Crippen LogP contribution in [0.3, 0.4) is 0 Å². The Morgan fingerprint density at radius 3 is 2.77 bits per heavy atom. The van der Waals surface area contributed by atoms with E-state index >= 15 is 0 Å². The van der Waals surface area contributed by atoms with Crippen LogP contribution in [-0.4, -0.2) is 20.6 Å². The molecule has 5 rings (SSSR count). The maximum atomic E-state index is 13.3. The predicted octanol–water partition coefficient (Wildman–Crippen LogP) is 2.51. The van der Waals surface area contributed by atoms with Gasteiger partial charge in [-0.15, -0.1) is 0 Å². The van der Waals surface area contributed by atoms with Crippen LogP contribution in [0.1, 0.15) is 48.1 Å². The van der Waals surface area contributed by atoms with Crippen molar-refractivity contribution < 1.29 is 14.6 Å². The minimum absolute atomic E-state index is 0.108. The van der Waals surface area contributed by atoms with E-state index in [9.17, 15) is 20.0 Å². The molecule has 0 aliphatic carbocycles. The van der Waals surface area contributed by atoms with Crippen LogP contribution < -0.4 is 5.56 Å². The Bertz CT molecular complexity index is 1370. The van der Waals surface area contributed by atoms with Crippen molar-refractivity contribution in [3.63, 3.8) is 0 Å². The third-order valence-electron chi connectivity index (χ3n) is 6.29.